The molecule has 1 aromatic heterocycles. The Balaban J connectivity index is 1.39. The Bertz CT molecular complexity index is 1010. The molecule has 1 fully saturated rings. The molecule has 0 spiro atoms. The van der Waals surface area contributed by atoms with Crippen LogP contribution in [0.1, 0.15) is 0 Å². The summed E-state index contributed by atoms with van der Waals surface area (Å²) in [6.07, 6.45) is 1.26. The highest BCUT2D eigenvalue weighted by molar-refractivity contribution is 6.01. The third kappa shape index (κ3) is 3.57. The number of fused-ring (bicyclic) bond motifs is 1. The fourth-order valence-electron chi connectivity index (χ4n) is 3.34. The van der Waals surface area contributed by atoms with E-state index in [4.69, 9.17) is 0 Å². The first kappa shape index (κ1) is 17.7. The van der Waals surface area contributed by atoms with Crippen molar-refractivity contribution in [2.75, 3.05) is 36.4 Å². The summed E-state index contributed by atoms with van der Waals surface area (Å²) in [5.41, 5.74) is 0.763. The average Bonchev–Trinajstić information content (AvgIpc) is 2.74. The predicted octanol–water partition coefficient (Wildman–Crippen LogP) is 3.50. The number of nitro groups is 1. The van der Waals surface area contributed by atoms with Crippen LogP contribution in [0.2, 0.25) is 0 Å². The molecule has 4 rings (SSSR count). The number of hydrogen-bond acceptors (Lipinski definition) is 5. The maximum absolute atomic E-state index is 12.7. The van der Waals surface area contributed by atoms with E-state index in [9.17, 15) is 14.9 Å². The van der Waals surface area contributed by atoms with Crippen LogP contribution in [0.25, 0.3) is 10.8 Å². The first-order valence-corrected chi connectivity index (χ1v) is 9.01. The molecule has 2 amide bonds. The summed E-state index contributed by atoms with van der Waals surface area (Å²) >= 11 is 0. The van der Waals surface area contributed by atoms with E-state index in [0.717, 1.165) is 16.5 Å². The molecule has 1 aliphatic heterocycles. The summed E-state index contributed by atoms with van der Waals surface area (Å²) < 4.78 is 0. The van der Waals surface area contributed by atoms with Crippen LogP contribution < -0.4 is 10.2 Å². The van der Waals surface area contributed by atoms with Gasteiger partial charge in [-0.3, -0.25) is 10.1 Å². The van der Waals surface area contributed by atoms with Crippen molar-refractivity contribution in [2.45, 2.75) is 0 Å². The van der Waals surface area contributed by atoms with Gasteiger partial charge in [-0.05, 0) is 17.5 Å². The molecule has 0 atom stereocenters. The molecule has 0 bridgehead atoms. The minimum Gasteiger partial charge on any atom is -0.353 e. The fraction of sp³-hybridized carbons (Fsp3) is 0.200. The average molecular weight is 377 g/mol. The number of benzene rings is 2. The molecule has 1 N–H and O–H groups in total. The van der Waals surface area contributed by atoms with Gasteiger partial charge in [-0.15, -0.1) is 0 Å². The van der Waals surface area contributed by atoms with E-state index < -0.39 is 4.92 Å². The molecule has 0 saturated carbocycles. The molecular weight excluding hydrogens is 358 g/mol. The number of rotatable bonds is 3. The van der Waals surface area contributed by atoms with Crippen LogP contribution >= 0.6 is 0 Å². The minimum absolute atomic E-state index is 0.0307. The van der Waals surface area contributed by atoms with Gasteiger partial charge in [-0.2, -0.15) is 0 Å². The number of carbonyl (C=O) groups excluding carboxylic acids is 1. The molecule has 0 radical (unpaired) electrons. The summed E-state index contributed by atoms with van der Waals surface area (Å²) in [5.74, 6) is 0.680. The lowest BCUT2D eigenvalue weighted by molar-refractivity contribution is -0.385. The molecule has 8 nitrogen and oxygen atoms in total. The number of carbonyl (C=O) groups is 1. The van der Waals surface area contributed by atoms with Crippen LogP contribution in [0, 0.1) is 10.1 Å². The minimum atomic E-state index is -0.466. The van der Waals surface area contributed by atoms with Gasteiger partial charge in [0.05, 0.1) is 10.6 Å². The number of pyridine rings is 1. The number of piperazine rings is 1. The van der Waals surface area contributed by atoms with Gasteiger partial charge < -0.3 is 15.1 Å². The number of urea groups is 1. The molecule has 1 saturated heterocycles. The molecule has 2 aromatic carbocycles. The molecule has 28 heavy (non-hydrogen) atoms. The summed E-state index contributed by atoms with van der Waals surface area (Å²) in [6.45, 7) is 2.34. The van der Waals surface area contributed by atoms with Crippen LogP contribution in [-0.4, -0.2) is 47.0 Å². The Labute approximate surface area is 161 Å². The zero-order chi connectivity index (χ0) is 19.5. The summed E-state index contributed by atoms with van der Waals surface area (Å²) in [7, 11) is 0. The second-order valence-electron chi connectivity index (χ2n) is 6.56. The third-order valence-corrected chi connectivity index (χ3v) is 4.87. The van der Waals surface area contributed by atoms with E-state index in [1.807, 2.05) is 47.4 Å². The van der Waals surface area contributed by atoms with Gasteiger partial charge in [0.25, 0.3) is 5.69 Å². The summed E-state index contributed by atoms with van der Waals surface area (Å²) in [4.78, 5) is 30.9. The number of amides is 2. The lowest BCUT2D eigenvalue weighted by Gasteiger charge is -2.35. The Morgan fingerprint density at radius 1 is 1.00 bits per heavy atom. The zero-order valence-corrected chi connectivity index (χ0v) is 15.1. The van der Waals surface area contributed by atoms with Crippen molar-refractivity contribution in [3.63, 3.8) is 0 Å². The quantitative estimate of drug-likeness (QED) is 0.557. The fourth-order valence-corrected chi connectivity index (χ4v) is 3.34. The number of hydrogen-bond donors (Lipinski definition) is 1. The number of anilines is 2. The molecule has 3 aromatic rings. The van der Waals surface area contributed by atoms with Crippen molar-refractivity contribution in [2.24, 2.45) is 0 Å². The van der Waals surface area contributed by atoms with E-state index in [2.05, 4.69) is 10.3 Å². The maximum Gasteiger partial charge on any atom is 0.321 e. The van der Waals surface area contributed by atoms with Crippen molar-refractivity contribution >= 4 is 34.0 Å². The van der Waals surface area contributed by atoms with Gasteiger partial charge in [-0.25, -0.2) is 9.78 Å². The molecule has 0 unspecified atom stereocenters. The SMILES string of the molecule is O=C(Nc1cccc2ccccc12)N1CCN(c2ccc([N+](=O)[O-])cn2)CC1. The van der Waals surface area contributed by atoms with E-state index in [-0.39, 0.29) is 11.7 Å². The van der Waals surface area contributed by atoms with Crippen molar-refractivity contribution < 1.29 is 9.72 Å². The smallest absolute Gasteiger partial charge is 0.321 e. The third-order valence-electron chi connectivity index (χ3n) is 4.87. The normalized spacial score (nSPS) is 14.1. The number of aromatic nitrogens is 1. The van der Waals surface area contributed by atoms with Crippen LogP contribution in [-0.2, 0) is 0 Å². The summed E-state index contributed by atoms with van der Waals surface area (Å²) in [5, 5.41) is 15.8. The maximum atomic E-state index is 12.7. The molecule has 8 heteroatoms. The van der Waals surface area contributed by atoms with Crippen LogP contribution in [0.5, 0.6) is 0 Å². The van der Waals surface area contributed by atoms with E-state index >= 15 is 0 Å². The van der Waals surface area contributed by atoms with Gasteiger partial charge in [0.1, 0.15) is 12.0 Å². The second-order valence-corrected chi connectivity index (χ2v) is 6.56. The topological polar surface area (TPSA) is 91.6 Å². The highest BCUT2D eigenvalue weighted by Crippen LogP contribution is 2.24. The Hall–Kier alpha value is -3.68. The molecule has 0 aliphatic carbocycles. The predicted molar refractivity (Wildman–Crippen MR) is 108 cm³/mol. The van der Waals surface area contributed by atoms with Crippen LogP contribution in [0.4, 0.5) is 22.0 Å². The van der Waals surface area contributed by atoms with Gasteiger partial charge >= 0.3 is 6.03 Å². The van der Waals surface area contributed by atoms with Gasteiger partial charge in [-0.1, -0.05) is 36.4 Å². The highest BCUT2D eigenvalue weighted by atomic mass is 16.6. The van der Waals surface area contributed by atoms with E-state index in [0.29, 0.717) is 32.0 Å². The molecular formula is C20H19N5O3. The van der Waals surface area contributed by atoms with E-state index in [1.165, 1.54) is 12.3 Å². The van der Waals surface area contributed by atoms with E-state index in [1.54, 1.807) is 11.0 Å². The van der Waals surface area contributed by atoms with Crippen molar-refractivity contribution in [3.05, 3.63) is 70.9 Å². The molecule has 1 aliphatic rings. The standard InChI is InChI=1S/C20H19N5O3/c26-20(22-18-7-3-5-15-4-1-2-6-17(15)18)24-12-10-23(11-13-24)19-9-8-16(14-21-19)25(27)28/h1-9,14H,10-13H2,(H,22,26). The highest BCUT2D eigenvalue weighted by Gasteiger charge is 2.22. The second kappa shape index (κ2) is 7.51. The van der Waals surface area contributed by atoms with Crippen molar-refractivity contribution in [3.8, 4) is 0 Å². The molecule has 142 valence electrons. The number of nitrogens with zero attached hydrogens (tertiary/aromatic N) is 4. The molecule has 2 heterocycles. The largest absolute Gasteiger partial charge is 0.353 e. The van der Waals surface area contributed by atoms with Gasteiger partial charge in [0.15, 0.2) is 0 Å². The van der Waals surface area contributed by atoms with Gasteiger partial charge in [0.2, 0.25) is 0 Å². The Morgan fingerprint density at radius 3 is 2.46 bits per heavy atom. The first-order chi connectivity index (χ1) is 13.6. The Kier molecular flexibility index (Phi) is 4.76. The van der Waals surface area contributed by atoms with Crippen molar-refractivity contribution in [1.82, 2.24) is 9.88 Å². The monoisotopic (exact) mass is 377 g/mol. The Morgan fingerprint density at radius 2 is 1.75 bits per heavy atom. The van der Waals surface area contributed by atoms with Gasteiger partial charge in [0, 0.05) is 37.6 Å². The zero-order valence-electron chi connectivity index (χ0n) is 15.1. The first-order valence-electron chi connectivity index (χ1n) is 9.01. The van der Waals surface area contributed by atoms with Crippen LogP contribution in [0.3, 0.4) is 0 Å². The number of nitrogens with one attached hydrogen (secondary N) is 1. The van der Waals surface area contributed by atoms with Crippen molar-refractivity contribution in [1.29, 1.82) is 0 Å². The van der Waals surface area contributed by atoms with Crippen LogP contribution in [0.15, 0.2) is 60.8 Å². The lowest BCUT2D eigenvalue weighted by atomic mass is 10.1. The summed E-state index contributed by atoms with van der Waals surface area (Å²) in [6, 6.07) is 16.7. The lowest BCUT2D eigenvalue weighted by Crippen LogP contribution is -2.50.